The Hall–Kier alpha value is -0.860. The molecule has 0 saturated heterocycles. The smallest absolute Gasteiger partial charge is 0.255 e. The van der Waals surface area contributed by atoms with Crippen molar-refractivity contribution in [1.82, 2.24) is 0 Å². The molecule has 1 rings (SSSR count). The first kappa shape index (κ1) is 9.23. The fraction of sp³-hybridized carbons (Fsp3) is 0.222. The number of carbonyl (C=O) groups is 1. The third-order valence-corrected chi connectivity index (χ3v) is 1.74. The maximum Gasteiger partial charge on any atom is 0.255 e. The molecule has 0 aliphatic carbocycles. The Labute approximate surface area is 76.1 Å². The van der Waals surface area contributed by atoms with Gasteiger partial charge >= 0.3 is 0 Å². The zero-order valence-electron chi connectivity index (χ0n) is 6.66. The van der Waals surface area contributed by atoms with Crippen molar-refractivity contribution >= 4 is 16.8 Å². The summed E-state index contributed by atoms with van der Waals surface area (Å²) < 4.78 is 4.92. The maximum absolute atomic E-state index is 10.8. The van der Waals surface area contributed by atoms with Gasteiger partial charge in [0.15, 0.2) is 6.10 Å². The third kappa shape index (κ3) is 2.06. The first-order chi connectivity index (χ1) is 5.75. The summed E-state index contributed by atoms with van der Waals surface area (Å²) in [5, 5.41) is -0.497. The molecular weight excluding hydrogens is 176 g/mol. The summed E-state index contributed by atoms with van der Waals surface area (Å²) in [6.45, 7) is 0. The van der Waals surface area contributed by atoms with Crippen LogP contribution in [-0.2, 0) is 9.53 Å². The van der Waals surface area contributed by atoms with Crippen LogP contribution in [0.15, 0.2) is 30.3 Å². The van der Waals surface area contributed by atoms with Crippen molar-refractivity contribution in [2.75, 3.05) is 7.11 Å². The topological polar surface area (TPSA) is 26.3 Å². The highest BCUT2D eigenvalue weighted by molar-refractivity contribution is 6.64. The molecule has 3 heteroatoms. The highest BCUT2D eigenvalue weighted by Gasteiger charge is 2.16. The number of halogens is 1. The number of rotatable bonds is 3. The maximum atomic E-state index is 10.8. The molecule has 0 unspecified atom stereocenters. The molecule has 1 aromatic carbocycles. The van der Waals surface area contributed by atoms with E-state index in [1.807, 2.05) is 18.2 Å². The molecule has 0 amide bonds. The summed E-state index contributed by atoms with van der Waals surface area (Å²) >= 11 is 5.31. The van der Waals surface area contributed by atoms with Crippen LogP contribution in [0.4, 0.5) is 0 Å². The molecule has 0 radical (unpaired) electrons. The van der Waals surface area contributed by atoms with Crippen LogP contribution in [-0.4, -0.2) is 12.4 Å². The largest absolute Gasteiger partial charge is 0.368 e. The quantitative estimate of drug-likeness (QED) is 0.673. The predicted molar refractivity (Wildman–Crippen MR) is 47.1 cm³/mol. The molecule has 0 aliphatic rings. The van der Waals surface area contributed by atoms with Crippen LogP contribution in [0.5, 0.6) is 0 Å². The molecule has 0 N–H and O–H groups in total. The SMILES string of the molecule is CO[C@@H](C(=O)Cl)c1ccccc1. The van der Waals surface area contributed by atoms with Crippen LogP contribution in [0.25, 0.3) is 0 Å². The monoisotopic (exact) mass is 184 g/mol. The van der Waals surface area contributed by atoms with E-state index in [-0.39, 0.29) is 0 Å². The lowest BCUT2D eigenvalue weighted by Gasteiger charge is -2.09. The van der Waals surface area contributed by atoms with Crippen LogP contribution in [0, 0.1) is 0 Å². The van der Waals surface area contributed by atoms with Crippen LogP contribution in [0.2, 0.25) is 0 Å². The van der Waals surface area contributed by atoms with Crippen molar-refractivity contribution in [3.05, 3.63) is 35.9 Å². The normalized spacial score (nSPS) is 12.5. The average Bonchev–Trinajstić information content (AvgIpc) is 2.07. The first-order valence-corrected chi connectivity index (χ1v) is 3.90. The molecule has 12 heavy (non-hydrogen) atoms. The number of carbonyl (C=O) groups excluding carboxylic acids is 1. The third-order valence-electron chi connectivity index (χ3n) is 1.54. The second-order valence-corrected chi connectivity index (χ2v) is 2.70. The van der Waals surface area contributed by atoms with E-state index in [2.05, 4.69) is 0 Å². The molecule has 0 spiro atoms. The highest BCUT2D eigenvalue weighted by atomic mass is 35.5. The van der Waals surface area contributed by atoms with Crippen LogP contribution < -0.4 is 0 Å². The average molecular weight is 185 g/mol. The molecule has 0 saturated carbocycles. The Bertz CT molecular complexity index is 258. The number of ether oxygens (including phenoxy) is 1. The summed E-state index contributed by atoms with van der Waals surface area (Å²) in [5.41, 5.74) is 0.778. The van der Waals surface area contributed by atoms with Gasteiger partial charge in [-0.05, 0) is 17.2 Å². The lowest BCUT2D eigenvalue weighted by Crippen LogP contribution is -2.08. The Morgan fingerprint density at radius 3 is 2.42 bits per heavy atom. The van der Waals surface area contributed by atoms with E-state index in [0.29, 0.717) is 0 Å². The fourth-order valence-electron chi connectivity index (χ4n) is 0.988. The van der Waals surface area contributed by atoms with E-state index in [4.69, 9.17) is 16.3 Å². The van der Waals surface area contributed by atoms with E-state index >= 15 is 0 Å². The van der Waals surface area contributed by atoms with Gasteiger partial charge in [0.2, 0.25) is 0 Å². The van der Waals surface area contributed by atoms with Crippen molar-refractivity contribution in [3.8, 4) is 0 Å². The second-order valence-electron chi connectivity index (χ2n) is 2.33. The van der Waals surface area contributed by atoms with Gasteiger partial charge in [-0.2, -0.15) is 0 Å². The van der Waals surface area contributed by atoms with E-state index < -0.39 is 11.3 Å². The standard InChI is InChI=1S/C9H9ClO2/c1-12-8(9(10)11)7-5-3-2-4-6-7/h2-6,8H,1H3/t8-/m1/s1. The molecule has 0 fully saturated rings. The van der Waals surface area contributed by atoms with Crippen LogP contribution >= 0.6 is 11.6 Å². The highest BCUT2D eigenvalue weighted by Crippen LogP contribution is 2.18. The van der Waals surface area contributed by atoms with Crippen molar-refractivity contribution in [1.29, 1.82) is 0 Å². The van der Waals surface area contributed by atoms with Crippen molar-refractivity contribution in [3.63, 3.8) is 0 Å². The van der Waals surface area contributed by atoms with Gasteiger partial charge in [0.25, 0.3) is 5.24 Å². The molecule has 2 nitrogen and oxygen atoms in total. The zero-order valence-corrected chi connectivity index (χ0v) is 7.41. The Kier molecular flexibility index (Phi) is 3.26. The molecule has 0 aromatic heterocycles. The Morgan fingerprint density at radius 1 is 1.42 bits per heavy atom. The summed E-state index contributed by atoms with van der Waals surface area (Å²) in [5.74, 6) is 0. The number of hydrogen-bond donors (Lipinski definition) is 0. The molecule has 0 bridgehead atoms. The van der Waals surface area contributed by atoms with Gasteiger partial charge in [-0.1, -0.05) is 30.3 Å². The van der Waals surface area contributed by atoms with Crippen molar-refractivity contribution in [2.24, 2.45) is 0 Å². The molecular formula is C9H9ClO2. The predicted octanol–water partition coefficient (Wildman–Crippen LogP) is 2.14. The van der Waals surface area contributed by atoms with Gasteiger partial charge in [-0.3, -0.25) is 4.79 Å². The van der Waals surface area contributed by atoms with Gasteiger partial charge in [0.05, 0.1) is 0 Å². The van der Waals surface area contributed by atoms with Gasteiger partial charge in [-0.15, -0.1) is 0 Å². The zero-order chi connectivity index (χ0) is 8.97. The van der Waals surface area contributed by atoms with Crippen molar-refractivity contribution in [2.45, 2.75) is 6.10 Å². The van der Waals surface area contributed by atoms with Crippen LogP contribution in [0.1, 0.15) is 11.7 Å². The van der Waals surface area contributed by atoms with Gasteiger partial charge in [0.1, 0.15) is 0 Å². The molecule has 1 aromatic rings. The summed E-state index contributed by atoms with van der Waals surface area (Å²) in [7, 11) is 1.46. The lowest BCUT2D eigenvalue weighted by atomic mass is 10.1. The fourth-order valence-corrected chi connectivity index (χ4v) is 1.20. The Morgan fingerprint density at radius 2 is 2.00 bits per heavy atom. The molecule has 0 heterocycles. The van der Waals surface area contributed by atoms with E-state index in [1.54, 1.807) is 12.1 Å². The number of hydrogen-bond acceptors (Lipinski definition) is 2. The van der Waals surface area contributed by atoms with Gasteiger partial charge in [0, 0.05) is 7.11 Å². The minimum Gasteiger partial charge on any atom is -0.368 e. The van der Waals surface area contributed by atoms with Crippen molar-refractivity contribution < 1.29 is 9.53 Å². The number of benzene rings is 1. The summed E-state index contributed by atoms with van der Waals surface area (Å²) in [6.07, 6.45) is -0.645. The first-order valence-electron chi connectivity index (χ1n) is 3.53. The molecule has 64 valence electrons. The van der Waals surface area contributed by atoms with Crippen LogP contribution in [0.3, 0.4) is 0 Å². The van der Waals surface area contributed by atoms with Gasteiger partial charge in [-0.25, -0.2) is 0 Å². The summed E-state index contributed by atoms with van der Waals surface area (Å²) in [4.78, 5) is 10.8. The van der Waals surface area contributed by atoms with E-state index in [9.17, 15) is 4.79 Å². The molecule has 1 atom stereocenters. The van der Waals surface area contributed by atoms with E-state index in [0.717, 1.165) is 5.56 Å². The van der Waals surface area contributed by atoms with Gasteiger partial charge < -0.3 is 4.74 Å². The van der Waals surface area contributed by atoms with E-state index in [1.165, 1.54) is 7.11 Å². The minimum atomic E-state index is -0.645. The molecule has 0 aliphatic heterocycles. The lowest BCUT2D eigenvalue weighted by molar-refractivity contribution is -0.121. The minimum absolute atomic E-state index is 0.497. The second kappa shape index (κ2) is 4.24. The summed E-state index contributed by atoms with van der Waals surface area (Å²) in [6, 6.07) is 9.14. The number of methoxy groups -OCH3 is 1. The Balaban J connectivity index is 2.88.